The fraction of sp³-hybridized carbons (Fsp3) is 0.524. The number of benzene rings is 1. The minimum atomic E-state index is -2.76. The standard InChI is InChI=1S/C21H27F2N3O/c1-2-26(17-7-5-3-4-6-8-17)14-15-9-11-16(12-10-15)21-24-18(20(22)23)13-19(27)25-21/h9-13,17,20H,2-8,14H2,1H3,(H,24,25,27). The van der Waals surface area contributed by atoms with Gasteiger partial charge in [0.15, 0.2) is 0 Å². The molecule has 1 aromatic carbocycles. The number of halogens is 2. The first-order valence-corrected chi connectivity index (χ1v) is 9.79. The maximum Gasteiger partial charge on any atom is 0.280 e. The Kier molecular flexibility index (Phi) is 6.72. The van der Waals surface area contributed by atoms with Gasteiger partial charge >= 0.3 is 0 Å². The molecule has 0 amide bonds. The number of hydrogen-bond acceptors (Lipinski definition) is 3. The highest BCUT2D eigenvalue weighted by Crippen LogP contribution is 2.24. The second kappa shape index (κ2) is 9.22. The fourth-order valence-electron chi connectivity index (χ4n) is 3.85. The quantitative estimate of drug-likeness (QED) is 0.729. The van der Waals surface area contributed by atoms with Crippen molar-refractivity contribution in [3.8, 4) is 11.4 Å². The average molecular weight is 375 g/mol. The Morgan fingerprint density at radius 3 is 2.41 bits per heavy atom. The molecular formula is C21H27F2N3O. The number of aromatic nitrogens is 2. The van der Waals surface area contributed by atoms with Crippen LogP contribution in [0.1, 0.15) is 63.1 Å². The van der Waals surface area contributed by atoms with Crippen molar-refractivity contribution in [1.29, 1.82) is 0 Å². The zero-order chi connectivity index (χ0) is 19.2. The van der Waals surface area contributed by atoms with E-state index in [1.165, 1.54) is 44.1 Å². The van der Waals surface area contributed by atoms with Crippen LogP contribution in [-0.2, 0) is 6.54 Å². The van der Waals surface area contributed by atoms with Crippen LogP contribution in [0.3, 0.4) is 0 Å². The number of H-pyrrole nitrogens is 1. The third-order valence-corrected chi connectivity index (χ3v) is 5.35. The Morgan fingerprint density at radius 2 is 1.81 bits per heavy atom. The van der Waals surface area contributed by atoms with Crippen molar-refractivity contribution in [2.45, 2.75) is 64.5 Å². The normalized spacial score (nSPS) is 16.0. The minimum Gasteiger partial charge on any atom is -0.307 e. The monoisotopic (exact) mass is 375 g/mol. The molecule has 2 aromatic rings. The first-order valence-electron chi connectivity index (χ1n) is 9.79. The van der Waals surface area contributed by atoms with E-state index in [9.17, 15) is 13.6 Å². The summed E-state index contributed by atoms with van der Waals surface area (Å²) in [7, 11) is 0. The molecule has 1 N–H and O–H groups in total. The van der Waals surface area contributed by atoms with E-state index in [4.69, 9.17) is 0 Å². The van der Waals surface area contributed by atoms with E-state index in [2.05, 4.69) is 21.8 Å². The van der Waals surface area contributed by atoms with Gasteiger partial charge in [0.1, 0.15) is 11.5 Å². The van der Waals surface area contributed by atoms with Crippen LogP contribution in [0.2, 0.25) is 0 Å². The van der Waals surface area contributed by atoms with E-state index in [0.717, 1.165) is 19.2 Å². The lowest BCUT2D eigenvalue weighted by atomic mass is 10.1. The van der Waals surface area contributed by atoms with Gasteiger partial charge in [0.2, 0.25) is 0 Å². The summed E-state index contributed by atoms with van der Waals surface area (Å²) in [6, 6.07) is 9.13. The third-order valence-electron chi connectivity index (χ3n) is 5.35. The van der Waals surface area contributed by atoms with Crippen molar-refractivity contribution >= 4 is 0 Å². The fourth-order valence-corrected chi connectivity index (χ4v) is 3.85. The molecule has 0 radical (unpaired) electrons. The first-order chi connectivity index (χ1) is 13.1. The summed E-state index contributed by atoms with van der Waals surface area (Å²) < 4.78 is 25.7. The van der Waals surface area contributed by atoms with Gasteiger partial charge in [-0.1, -0.05) is 56.9 Å². The van der Waals surface area contributed by atoms with Gasteiger partial charge in [0.25, 0.3) is 12.0 Å². The molecule has 1 aliphatic carbocycles. The number of nitrogens with zero attached hydrogens (tertiary/aromatic N) is 2. The maximum atomic E-state index is 12.9. The predicted octanol–water partition coefficient (Wildman–Crippen LogP) is 4.92. The zero-order valence-corrected chi connectivity index (χ0v) is 15.8. The van der Waals surface area contributed by atoms with Crippen LogP contribution in [-0.4, -0.2) is 27.5 Å². The molecular weight excluding hydrogens is 348 g/mol. The van der Waals surface area contributed by atoms with Crippen LogP contribution in [0.15, 0.2) is 35.1 Å². The Morgan fingerprint density at radius 1 is 1.15 bits per heavy atom. The van der Waals surface area contributed by atoms with Crippen molar-refractivity contribution in [1.82, 2.24) is 14.9 Å². The molecule has 27 heavy (non-hydrogen) atoms. The summed E-state index contributed by atoms with van der Waals surface area (Å²) in [6.07, 6.45) is 5.05. The molecule has 1 fully saturated rings. The van der Waals surface area contributed by atoms with E-state index >= 15 is 0 Å². The van der Waals surface area contributed by atoms with Crippen LogP contribution in [0.4, 0.5) is 8.78 Å². The van der Waals surface area contributed by atoms with Crippen molar-refractivity contribution in [2.75, 3.05) is 6.54 Å². The van der Waals surface area contributed by atoms with Crippen LogP contribution >= 0.6 is 0 Å². The number of hydrogen-bond donors (Lipinski definition) is 1. The highest BCUT2D eigenvalue weighted by atomic mass is 19.3. The summed E-state index contributed by atoms with van der Waals surface area (Å²) in [6.45, 7) is 4.09. The smallest absolute Gasteiger partial charge is 0.280 e. The molecule has 1 aromatic heterocycles. The number of aromatic amines is 1. The van der Waals surface area contributed by atoms with Crippen LogP contribution in [0.5, 0.6) is 0 Å². The van der Waals surface area contributed by atoms with Gasteiger partial charge in [-0.3, -0.25) is 9.69 Å². The molecule has 0 saturated heterocycles. The highest BCUT2D eigenvalue weighted by molar-refractivity contribution is 5.55. The lowest BCUT2D eigenvalue weighted by Crippen LogP contribution is -2.34. The number of rotatable bonds is 6. The molecule has 0 unspecified atom stereocenters. The zero-order valence-electron chi connectivity index (χ0n) is 15.8. The molecule has 146 valence electrons. The molecule has 0 aliphatic heterocycles. The second-order valence-electron chi connectivity index (χ2n) is 7.22. The Balaban J connectivity index is 1.74. The highest BCUT2D eigenvalue weighted by Gasteiger charge is 2.19. The maximum absolute atomic E-state index is 12.9. The SMILES string of the molecule is CCN(Cc1ccc(-c2nc(C(F)F)cc(=O)[nH]2)cc1)C1CCCCCC1. The third kappa shape index (κ3) is 5.22. The summed E-state index contributed by atoms with van der Waals surface area (Å²) >= 11 is 0. The van der Waals surface area contributed by atoms with Crippen molar-refractivity contribution < 1.29 is 8.78 Å². The summed E-state index contributed by atoms with van der Waals surface area (Å²) in [4.78, 5) is 20.5. The van der Waals surface area contributed by atoms with E-state index in [1.807, 2.05) is 24.3 Å². The molecule has 1 aliphatic rings. The van der Waals surface area contributed by atoms with Crippen molar-refractivity contribution in [3.05, 3.63) is 51.9 Å². The lowest BCUT2D eigenvalue weighted by molar-refractivity contribution is 0.146. The molecule has 1 saturated carbocycles. The van der Waals surface area contributed by atoms with Gasteiger partial charge in [-0.25, -0.2) is 13.8 Å². The van der Waals surface area contributed by atoms with E-state index in [0.29, 0.717) is 11.6 Å². The Labute approximate surface area is 158 Å². The van der Waals surface area contributed by atoms with Gasteiger partial charge in [0.05, 0.1) is 0 Å². The first kappa shape index (κ1) is 19.7. The molecule has 3 rings (SSSR count). The molecule has 0 bridgehead atoms. The van der Waals surface area contributed by atoms with Crippen molar-refractivity contribution in [2.24, 2.45) is 0 Å². The molecule has 4 nitrogen and oxygen atoms in total. The largest absolute Gasteiger partial charge is 0.307 e. The number of alkyl halides is 2. The van der Waals surface area contributed by atoms with Crippen LogP contribution in [0, 0.1) is 0 Å². The number of nitrogens with one attached hydrogen (secondary N) is 1. The van der Waals surface area contributed by atoms with Crippen LogP contribution in [0.25, 0.3) is 11.4 Å². The van der Waals surface area contributed by atoms with Gasteiger partial charge < -0.3 is 4.98 Å². The predicted molar refractivity (Wildman–Crippen MR) is 103 cm³/mol. The Bertz CT molecular complexity index is 781. The lowest BCUT2D eigenvalue weighted by Gasteiger charge is -2.30. The molecule has 1 heterocycles. The summed E-state index contributed by atoms with van der Waals surface area (Å²) in [5.74, 6) is 0.181. The summed E-state index contributed by atoms with van der Waals surface area (Å²) in [5, 5.41) is 0. The Hall–Kier alpha value is -2.08. The molecule has 6 heteroatoms. The van der Waals surface area contributed by atoms with E-state index in [-0.39, 0.29) is 5.82 Å². The average Bonchev–Trinajstić information content (AvgIpc) is 2.95. The van der Waals surface area contributed by atoms with Gasteiger partial charge in [0, 0.05) is 24.2 Å². The minimum absolute atomic E-state index is 0.181. The second-order valence-corrected chi connectivity index (χ2v) is 7.22. The van der Waals surface area contributed by atoms with Gasteiger partial charge in [-0.05, 0) is 24.9 Å². The topological polar surface area (TPSA) is 49.0 Å². The van der Waals surface area contributed by atoms with Gasteiger partial charge in [-0.2, -0.15) is 0 Å². The van der Waals surface area contributed by atoms with E-state index < -0.39 is 17.7 Å². The van der Waals surface area contributed by atoms with Crippen LogP contribution < -0.4 is 5.56 Å². The molecule has 0 spiro atoms. The van der Waals surface area contributed by atoms with Crippen molar-refractivity contribution in [3.63, 3.8) is 0 Å². The summed E-state index contributed by atoms with van der Waals surface area (Å²) in [5.41, 5.74) is 0.751. The van der Waals surface area contributed by atoms with E-state index in [1.54, 1.807) is 0 Å². The molecule has 0 atom stereocenters. The van der Waals surface area contributed by atoms with Gasteiger partial charge in [-0.15, -0.1) is 0 Å².